The predicted octanol–water partition coefficient (Wildman–Crippen LogP) is 1.73. The van der Waals surface area contributed by atoms with Gasteiger partial charge in [-0.2, -0.15) is 0 Å². The minimum absolute atomic E-state index is 0.123. The van der Waals surface area contributed by atoms with E-state index in [4.69, 9.17) is 5.73 Å². The molecular weight excluding hydrogens is 150 g/mol. The van der Waals surface area contributed by atoms with Crippen molar-refractivity contribution in [2.45, 2.75) is 45.6 Å². The van der Waals surface area contributed by atoms with Crippen LogP contribution in [0.25, 0.3) is 0 Å². The van der Waals surface area contributed by atoms with Crippen molar-refractivity contribution >= 4 is 5.78 Å². The molecule has 1 aliphatic rings. The van der Waals surface area contributed by atoms with Crippen molar-refractivity contribution in [1.29, 1.82) is 0 Å². The third-order valence-corrected chi connectivity index (χ3v) is 2.61. The van der Waals surface area contributed by atoms with Crippen molar-refractivity contribution in [3.05, 3.63) is 0 Å². The van der Waals surface area contributed by atoms with Crippen molar-refractivity contribution in [2.75, 3.05) is 0 Å². The minimum atomic E-state index is -0.223. The molecule has 0 amide bonds. The molecule has 0 aliphatic heterocycles. The first-order valence-electron chi connectivity index (χ1n) is 4.85. The molecule has 0 heterocycles. The van der Waals surface area contributed by atoms with Gasteiger partial charge in [-0.15, -0.1) is 0 Å². The highest BCUT2D eigenvalue weighted by molar-refractivity contribution is 5.81. The first kappa shape index (κ1) is 9.72. The molecule has 70 valence electrons. The van der Waals surface area contributed by atoms with E-state index in [-0.39, 0.29) is 11.8 Å². The van der Waals surface area contributed by atoms with E-state index in [9.17, 15) is 4.79 Å². The Kier molecular flexibility index (Phi) is 3.27. The summed E-state index contributed by atoms with van der Waals surface area (Å²) >= 11 is 0. The monoisotopic (exact) mass is 169 g/mol. The molecule has 0 radical (unpaired) electrons. The van der Waals surface area contributed by atoms with Gasteiger partial charge in [-0.3, -0.25) is 4.79 Å². The molecule has 2 atom stereocenters. The van der Waals surface area contributed by atoms with Crippen molar-refractivity contribution in [2.24, 2.45) is 17.6 Å². The van der Waals surface area contributed by atoms with Crippen molar-refractivity contribution in [3.8, 4) is 0 Å². The second kappa shape index (κ2) is 4.04. The maximum Gasteiger partial charge on any atom is 0.146 e. The zero-order valence-corrected chi connectivity index (χ0v) is 8.05. The average molecular weight is 169 g/mol. The number of hydrogen-bond acceptors (Lipinski definition) is 2. The van der Waals surface area contributed by atoms with E-state index in [1.54, 1.807) is 6.92 Å². The summed E-state index contributed by atoms with van der Waals surface area (Å²) in [5, 5.41) is 0. The summed E-state index contributed by atoms with van der Waals surface area (Å²) in [5.74, 6) is 1.69. The van der Waals surface area contributed by atoms with Gasteiger partial charge in [-0.05, 0) is 31.6 Å². The molecule has 12 heavy (non-hydrogen) atoms. The number of ketones is 1. The van der Waals surface area contributed by atoms with E-state index >= 15 is 0 Å². The Balaban J connectivity index is 2.14. The summed E-state index contributed by atoms with van der Waals surface area (Å²) in [4.78, 5) is 10.9. The largest absolute Gasteiger partial charge is 0.322 e. The standard InChI is InChI=1S/C10H19NO/c1-7(5-9-3-4-9)6-10(11)8(2)12/h7,9-10H,3-6,11H2,1-2H3/t7-,10-/m0/s1. The fourth-order valence-corrected chi connectivity index (χ4v) is 1.62. The maximum atomic E-state index is 10.9. The summed E-state index contributed by atoms with van der Waals surface area (Å²) < 4.78 is 0. The molecule has 0 aromatic carbocycles. The van der Waals surface area contributed by atoms with Crippen LogP contribution in [0.1, 0.15) is 39.5 Å². The summed E-state index contributed by atoms with van der Waals surface area (Å²) in [5.41, 5.74) is 5.66. The number of nitrogens with two attached hydrogens (primary N) is 1. The highest BCUT2D eigenvalue weighted by Gasteiger charge is 2.24. The quantitative estimate of drug-likeness (QED) is 0.681. The fourth-order valence-electron chi connectivity index (χ4n) is 1.62. The molecule has 1 rings (SSSR count). The van der Waals surface area contributed by atoms with Gasteiger partial charge in [0.25, 0.3) is 0 Å². The zero-order valence-electron chi connectivity index (χ0n) is 8.05. The van der Waals surface area contributed by atoms with E-state index in [1.807, 2.05) is 0 Å². The van der Waals surface area contributed by atoms with Crippen LogP contribution >= 0.6 is 0 Å². The smallest absolute Gasteiger partial charge is 0.146 e. The molecule has 1 saturated carbocycles. The Morgan fingerprint density at radius 3 is 2.58 bits per heavy atom. The van der Waals surface area contributed by atoms with Crippen LogP contribution in [0.3, 0.4) is 0 Å². The molecule has 0 aromatic rings. The molecule has 0 saturated heterocycles. The molecule has 1 fully saturated rings. The minimum Gasteiger partial charge on any atom is -0.322 e. The fraction of sp³-hybridized carbons (Fsp3) is 0.900. The van der Waals surface area contributed by atoms with E-state index in [2.05, 4.69) is 6.92 Å². The van der Waals surface area contributed by atoms with E-state index in [1.165, 1.54) is 19.3 Å². The zero-order chi connectivity index (χ0) is 9.14. The first-order chi connectivity index (χ1) is 5.59. The highest BCUT2D eigenvalue weighted by Crippen LogP contribution is 2.36. The van der Waals surface area contributed by atoms with Gasteiger partial charge in [0, 0.05) is 0 Å². The van der Waals surface area contributed by atoms with Gasteiger partial charge in [-0.1, -0.05) is 19.8 Å². The first-order valence-corrected chi connectivity index (χ1v) is 4.85. The van der Waals surface area contributed by atoms with Crippen LogP contribution in [0, 0.1) is 11.8 Å². The predicted molar refractivity (Wildman–Crippen MR) is 49.8 cm³/mol. The Morgan fingerprint density at radius 2 is 2.17 bits per heavy atom. The SMILES string of the molecule is CC(=O)[C@@H](N)C[C@@H](C)CC1CC1. The van der Waals surface area contributed by atoms with Gasteiger partial charge in [0.1, 0.15) is 5.78 Å². The maximum absolute atomic E-state index is 10.9. The lowest BCUT2D eigenvalue weighted by atomic mass is 9.95. The second-order valence-electron chi connectivity index (χ2n) is 4.24. The average Bonchev–Trinajstić information content (AvgIpc) is 2.71. The normalized spacial score (nSPS) is 21.9. The van der Waals surface area contributed by atoms with Crippen LogP contribution in [-0.2, 0) is 4.79 Å². The number of carbonyl (C=O) groups is 1. The molecule has 2 N–H and O–H groups in total. The highest BCUT2D eigenvalue weighted by atomic mass is 16.1. The topological polar surface area (TPSA) is 43.1 Å². The Labute approximate surface area is 74.5 Å². The number of hydrogen-bond donors (Lipinski definition) is 1. The van der Waals surface area contributed by atoms with Gasteiger partial charge in [-0.25, -0.2) is 0 Å². The molecule has 0 aromatic heterocycles. The summed E-state index contributed by atoms with van der Waals surface area (Å²) in [6.45, 7) is 3.77. The van der Waals surface area contributed by atoms with Gasteiger partial charge in [0.2, 0.25) is 0 Å². The van der Waals surface area contributed by atoms with Crippen molar-refractivity contribution in [3.63, 3.8) is 0 Å². The lowest BCUT2D eigenvalue weighted by Gasteiger charge is -2.14. The Hall–Kier alpha value is -0.370. The lowest BCUT2D eigenvalue weighted by molar-refractivity contribution is -0.118. The van der Waals surface area contributed by atoms with E-state index in [0.717, 1.165) is 12.3 Å². The van der Waals surface area contributed by atoms with Crippen LogP contribution in [0.5, 0.6) is 0 Å². The molecule has 0 unspecified atom stereocenters. The van der Waals surface area contributed by atoms with E-state index < -0.39 is 0 Å². The summed E-state index contributed by atoms with van der Waals surface area (Å²) in [6, 6.07) is -0.223. The number of rotatable bonds is 5. The molecular formula is C10H19NO. The third kappa shape index (κ3) is 3.35. The lowest BCUT2D eigenvalue weighted by Crippen LogP contribution is -2.30. The molecule has 0 spiro atoms. The second-order valence-corrected chi connectivity index (χ2v) is 4.24. The number of carbonyl (C=O) groups excluding carboxylic acids is 1. The molecule has 2 heteroatoms. The van der Waals surface area contributed by atoms with E-state index in [0.29, 0.717) is 5.92 Å². The Bertz CT molecular complexity index is 163. The van der Waals surface area contributed by atoms with Crippen molar-refractivity contribution < 1.29 is 4.79 Å². The van der Waals surface area contributed by atoms with Gasteiger partial charge < -0.3 is 5.73 Å². The molecule has 1 aliphatic carbocycles. The van der Waals surface area contributed by atoms with Gasteiger partial charge >= 0.3 is 0 Å². The van der Waals surface area contributed by atoms with Crippen LogP contribution < -0.4 is 5.73 Å². The van der Waals surface area contributed by atoms with Crippen LogP contribution in [0.2, 0.25) is 0 Å². The number of Topliss-reactive ketones (excluding diaryl/α,β-unsaturated/α-hetero) is 1. The Morgan fingerprint density at radius 1 is 1.58 bits per heavy atom. The molecule has 2 nitrogen and oxygen atoms in total. The van der Waals surface area contributed by atoms with Gasteiger partial charge in [0.15, 0.2) is 0 Å². The summed E-state index contributed by atoms with van der Waals surface area (Å²) in [7, 11) is 0. The van der Waals surface area contributed by atoms with Gasteiger partial charge in [0.05, 0.1) is 6.04 Å². The van der Waals surface area contributed by atoms with Crippen LogP contribution in [-0.4, -0.2) is 11.8 Å². The van der Waals surface area contributed by atoms with Crippen LogP contribution in [0.4, 0.5) is 0 Å². The third-order valence-electron chi connectivity index (χ3n) is 2.61. The summed E-state index contributed by atoms with van der Waals surface area (Å²) in [6.07, 6.45) is 4.91. The van der Waals surface area contributed by atoms with Crippen LogP contribution in [0.15, 0.2) is 0 Å². The van der Waals surface area contributed by atoms with Crippen molar-refractivity contribution in [1.82, 2.24) is 0 Å². The molecule has 0 bridgehead atoms.